The summed E-state index contributed by atoms with van der Waals surface area (Å²) in [5, 5.41) is 6.45. The molecule has 0 saturated heterocycles. The van der Waals surface area contributed by atoms with Gasteiger partial charge in [0.25, 0.3) is 0 Å². The Morgan fingerprint density at radius 2 is 1.85 bits per heavy atom. The summed E-state index contributed by atoms with van der Waals surface area (Å²) in [5.74, 6) is 0.842. The van der Waals surface area contributed by atoms with Crippen molar-refractivity contribution >= 4 is 5.96 Å². The smallest absolute Gasteiger partial charge is 0.191 e. The monoisotopic (exact) mass is 285 g/mol. The molecule has 0 spiro atoms. The van der Waals surface area contributed by atoms with E-state index in [0.29, 0.717) is 25.9 Å². The van der Waals surface area contributed by atoms with Crippen LogP contribution in [0.25, 0.3) is 0 Å². The number of nitrogens with one attached hydrogen (secondary N) is 2. The number of methoxy groups -OCH3 is 1. The van der Waals surface area contributed by atoms with E-state index in [-0.39, 0.29) is 0 Å². The highest BCUT2D eigenvalue weighted by Crippen LogP contribution is 2.19. The van der Waals surface area contributed by atoms with E-state index in [1.54, 1.807) is 7.11 Å². The second-order valence-corrected chi connectivity index (χ2v) is 5.16. The molecule has 1 aliphatic rings. The molecular weight excluding hydrogens is 254 g/mol. The highest BCUT2D eigenvalue weighted by Gasteiger charge is 2.11. The topological polar surface area (TPSA) is 54.9 Å². The first-order chi connectivity index (χ1) is 9.86. The molecule has 0 aliphatic heterocycles. The molecule has 1 fully saturated rings. The molecular formula is C15H31N3O2. The van der Waals surface area contributed by atoms with E-state index in [9.17, 15) is 0 Å². The Balaban J connectivity index is 2.17. The SMILES string of the molecule is CCNC(=NCCOC1CCCCCC1)NCCOC. The normalized spacial score (nSPS) is 17.8. The van der Waals surface area contributed by atoms with E-state index in [0.717, 1.165) is 19.0 Å². The molecule has 5 heteroatoms. The molecule has 0 heterocycles. The van der Waals surface area contributed by atoms with Crippen LogP contribution in [0, 0.1) is 0 Å². The molecule has 0 aromatic rings. The minimum Gasteiger partial charge on any atom is -0.383 e. The van der Waals surface area contributed by atoms with Gasteiger partial charge in [0.1, 0.15) is 0 Å². The van der Waals surface area contributed by atoms with Crippen LogP contribution in [-0.4, -0.2) is 52.0 Å². The number of hydrogen-bond acceptors (Lipinski definition) is 3. The Hall–Kier alpha value is -0.810. The Kier molecular flexibility index (Phi) is 10.3. The maximum absolute atomic E-state index is 5.93. The lowest BCUT2D eigenvalue weighted by Crippen LogP contribution is -2.39. The first kappa shape index (κ1) is 17.2. The van der Waals surface area contributed by atoms with Gasteiger partial charge in [-0.3, -0.25) is 4.99 Å². The van der Waals surface area contributed by atoms with Gasteiger partial charge in [-0.05, 0) is 19.8 Å². The molecule has 0 aromatic heterocycles. The summed E-state index contributed by atoms with van der Waals surface area (Å²) in [6, 6.07) is 0. The molecule has 1 saturated carbocycles. The molecule has 0 unspecified atom stereocenters. The van der Waals surface area contributed by atoms with Gasteiger partial charge in [-0.2, -0.15) is 0 Å². The van der Waals surface area contributed by atoms with E-state index < -0.39 is 0 Å². The summed E-state index contributed by atoms with van der Waals surface area (Å²) in [7, 11) is 1.70. The average molecular weight is 285 g/mol. The molecule has 0 radical (unpaired) electrons. The highest BCUT2D eigenvalue weighted by molar-refractivity contribution is 5.79. The zero-order valence-electron chi connectivity index (χ0n) is 13.1. The molecule has 1 aliphatic carbocycles. The third-order valence-corrected chi connectivity index (χ3v) is 3.46. The summed E-state index contributed by atoms with van der Waals surface area (Å²) >= 11 is 0. The Bertz CT molecular complexity index is 252. The fraction of sp³-hybridized carbons (Fsp3) is 0.933. The van der Waals surface area contributed by atoms with E-state index in [4.69, 9.17) is 9.47 Å². The van der Waals surface area contributed by atoms with Crippen molar-refractivity contribution in [3.63, 3.8) is 0 Å². The van der Waals surface area contributed by atoms with Crippen LogP contribution in [0.1, 0.15) is 45.4 Å². The van der Waals surface area contributed by atoms with E-state index >= 15 is 0 Å². The summed E-state index contributed by atoms with van der Waals surface area (Å²) in [6.07, 6.45) is 8.25. The van der Waals surface area contributed by atoms with E-state index in [1.807, 2.05) is 0 Å². The summed E-state index contributed by atoms with van der Waals surface area (Å²) in [5.41, 5.74) is 0. The van der Waals surface area contributed by atoms with Crippen molar-refractivity contribution in [3.8, 4) is 0 Å². The predicted molar refractivity (Wildman–Crippen MR) is 83.3 cm³/mol. The van der Waals surface area contributed by atoms with Crippen LogP contribution >= 0.6 is 0 Å². The largest absolute Gasteiger partial charge is 0.383 e. The lowest BCUT2D eigenvalue weighted by Gasteiger charge is -2.15. The predicted octanol–water partition coefficient (Wildman–Crippen LogP) is 1.93. The first-order valence-electron chi connectivity index (χ1n) is 7.99. The lowest BCUT2D eigenvalue weighted by molar-refractivity contribution is 0.0487. The third kappa shape index (κ3) is 8.38. The lowest BCUT2D eigenvalue weighted by atomic mass is 10.1. The van der Waals surface area contributed by atoms with Gasteiger partial charge >= 0.3 is 0 Å². The summed E-state index contributed by atoms with van der Waals surface area (Å²) in [6.45, 7) is 5.80. The second-order valence-electron chi connectivity index (χ2n) is 5.16. The molecule has 0 atom stereocenters. The van der Waals surface area contributed by atoms with Crippen molar-refractivity contribution in [1.82, 2.24) is 10.6 Å². The number of guanidine groups is 1. The molecule has 20 heavy (non-hydrogen) atoms. The van der Waals surface area contributed by atoms with Gasteiger partial charge in [-0.15, -0.1) is 0 Å². The van der Waals surface area contributed by atoms with Crippen LogP contribution in [-0.2, 0) is 9.47 Å². The highest BCUT2D eigenvalue weighted by atomic mass is 16.5. The zero-order chi connectivity index (χ0) is 14.5. The fourth-order valence-electron chi connectivity index (χ4n) is 2.40. The van der Waals surface area contributed by atoms with Crippen LogP contribution in [0.4, 0.5) is 0 Å². The fourth-order valence-corrected chi connectivity index (χ4v) is 2.40. The molecule has 0 aromatic carbocycles. The van der Waals surface area contributed by atoms with Crippen molar-refractivity contribution in [2.75, 3.05) is 40.0 Å². The van der Waals surface area contributed by atoms with E-state index in [1.165, 1.54) is 38.5 Å². The number of nitrogens with zero attached hydrogens (tertiary/aromatic N) is 1. The second kappa shape index (κ2) is 12.0. The maximum atomic E-state index is 5.93. The van der Waals surface area contributed by atoms with Crippen LogP contribution in [0.3, 0.4) is 0 Å². The van der Waals surface area contributed by atoms with Crippen LogP contribution in [0.15, 0.2) is 4.99 Å². The minimum atomic E-state index is 0.455. The maximum Gasteiger partial charge on any atom is 0.191 e. The standard InChI is InChI=1S/C15H31N3O2/c1-3-16-15(17-10-12-19-2)18-11-13-20-14-8-6-4-5-7-9-14/h14H,3-13H2,1-2H3,(H2,16,17,18). The molecule has 0 bridgehead atoms. The molecule has 1 rings (SSSR count). The summed E-state index contributed by atoms with van der Waals surface area (Å²) < 4.78 is 10.9. The van der Waals surface area contributed by atoms with Gasteiger partial charge in [-0.1, -0.05) is 25.7 Å². The number of aliphatic imine (C=N–C) groups is 1. The van der Waals surface area contributed by atoms with Crippen molar-refractivity contribution in [2.24, 2.45) is 4.99 Å². The van der Waals surface area contributed by atoms with Gasteiger partial charge in [0.2, 0.25) is 0 Å². The van der Waals surface area contributed by atoms with Gasteiger partial charge in [0.05, 0.1) is 25.9 Å². The Morgan fingerprint density at radius 1 is 1.10 bits per heavy atom. The van der Waals surface area contributed by atoms with E-state index in [2.05, 4.69) is 22.5 Å². The van der Waals surface area contributed by atoms with Crippen LogP contribution in [0.5, 0.6) is 0 Å². The average Bonchev–Trinajstić information content (AvgIpc) is 2.72. The van der Waals surface area contributed by atoms with Gasteiger partial charge in [0, 0.05) is 20.2 Å². The van der Waals surface area contributed by atoms with Crippen molar-refractivity contribution in [3.05, 3.63) is 0 Å². The van der Waals surface area contributed by atoms with Crippen LogP contribution < -0.4 is 10.6 Å². The van der Waals surface area contributed by atoms with Crippen molar-refractivity contribution < 1.29 is 9.47 Å². The van der Waals surface area contributed by atoms with Gasteiger partial charge in [-0.25, -0.2) is 0 Å². The number of hydrogen-bond donors (Lipinski definition) is 2. The number of ether oxygens (including phenoxy) is 2. The first-order valence-corrected chi connectivity index (χ1v) is 7.99. The third-order valence-electron chi connectivity index (χ3n) is 3.46. The van der Waals surface area contributed by atoms with Crippen molar-refractivity contribution in [1.29, 1.82) is 0 Å². The van der Waals surface area contributed by atoms with Crippen LogP contribution in [0.2, 0.25) is 0 Å². The zero-order valence-corrected chi connectivity index (χ0v) is 13.1. The van der Waals surface area contributed by atoms with Gasteiger partial charge < -0.3 is 20.1 Å². The molecule has 2 N–H and O–H groups in total. The Labute approximate surface area is 123 Å². The molecule has 5 nitrogen and oxygen atoms in total. The Morgan fingerprint density at radius 3 is 2.50 bits per heavy atom. The molecule has 0 amide bonds. The van der Waals surface area contributed by atoms with Gasteiger partial charge in [0.15, 0.2) is 5.96 Å². The minimum absolute atomic E-state index is 0.455. The number of rotatable bonds is 8. The molecule has 118 valence electrons. The van der Waals surface area contributed by atoms with Crippen molar-refractivity contribution in [2.45, 2.75) is 51.6 Å². The quantitative estimate of drug-likeness (QED) is 0.310. The summed E-state index contributed by atoms with van der Waals surface area (Å²) in [4.78, 5) is 4.51.